The van der Waals surface area contributed by atoms with Gasteiger partial charge in [-0.15, -0.1) is 0 Å². The summed E-state index contributed by atoms with van der Waals surface area (Å²) >= 11 is 0. The molecular weight excluding hydrogens is 128 g/mol. The average molecular weight is 137 g/mol. The van der Waals surface area contributed by atoms with E-state index in [2.05, 4.69) is 6.07 Å². The molecule has 0 aliphatic carbocycles. The van der Waals surface area contributed by atoms with Crippen LogP contribution in [0.2, 0.25) is 0 Å². The van der Waals surface area contributed by atoms with Crippen LogP contribution in [0, 0.1) is 13.0 Å². The molecule has 0 aromatic heterocycles. The highest BCUT2D eigenvalue weighted by atomic mass is 16.3. The first-order chi connectivity index (χ1) is 4.74. The lowest BCUT2D eigenvalue weighted by Gasteiger charge is -1.98. The van der Waals surface area contributed by atoms with Crippen LogP contribution in [0.25, 0.3) is 0 Å². The van der Waals surface area contributed by atoms with Gasteiger partial charge in [-0.05, 0) is 36.2 Å². The van der Waals surface area contributed by atoms with E-state index < -0.39 is 0 Å². The third kappa shape index (κ3) is 1.28. The molecule has 53 valence electrons. The van der Waals surface area contributed by atoms with E-state index in [9.17, 15) is 0 Å². The van der Waals surface area contributed by atoms with Gasteiger partial charge in [0.25, 0.3) is 0 Å². The van der Waals surface area contributed by atoms with Gasteiger partial charge in [-0.3, -0.25) is 0 Å². The second kappa shape index (κ2) is 2.71. The SMILES string of the molecule is Cc1[c]cc(CO)cc1O. The molecule has 1 aromatic carbocycles. The second-order valence-corrected chi connectivity index (χ2v) is 2.18. The fraction of sp³-hybridized carbons (Fsp3) is 0.250. The Morgan fingerprint density at radius 3 is 2.80 bits per heavy atom. The Labute approximate surface area is 59.7 Å². The van der Waals surface area contributed by atoms with Gasteiger partial charge < -0.3 is 10.2 Å². The zero-order valence-electron chi connectivity index (χ0n) is 5.76. The van der Waals surface area contributed by atoms with Crippen LogP contribution in [-0.2, 0) is 6.61 Å². The standard InChI is InChI=1S/C8H9O2/c1-6-2-3-7(5-9)4-8(6)10/h3-4,9-10H,5H2,1H3. The Morgan fingerprint density at radius 1 is 1.60 bits per heavy atom. The summed E-state index contributed by atoms with van der Waals surface area (Å²) in [5.74, 6) is 0.187. The first kappa shape index (κ1) is 7.09. The van der Waals surface area contributed by atoms with Crippen molar-refractivity contribution in [3.63, 3.8) is 0 Å². The van der Waals surface area contributed by atoms with Gasteiger partial charge in [-0.25, -0.2) is 0 Å². The van der Waals surface area contributed by atoms with Crippen LogP contribution in [-0.4, -0.2) is 10.2 Å². The van der Waals surface area contributed by atoms with Crippen LogP contribution in [0.4, 0.5) is 0 Å². The van der Waals surface area contributed by atoms with Gasteiger partial charge in [0.05, 0.1) is 6.61 Å². The molecule has 0 unspecified atom stereocenters. The first-order valence-electron chi connectivity index (χ1n) is 3.05. The number of hydrogen-bond donors (Lipinski definition) is 2. The molecule has 0 heterocycles. The van der Waals surface area contributed by atoms with Crippen molar-refractivity contribution in [3.05, 3.63) is 29.3 Å². The van der Waals surface area contributed by atoms with E-state index in [0.29, 0.717) is 11.1 Å². The molecule has 1 radical (unpaired) electrons. The number of hydrogen-bond acceptors (Lipinski definition) is 2. The Bertz CT molecular complexity index is 231. The van der Waals surface area contributed by atoms with E-state index in [1.54, 1.807) is 13.0 Å². The van der Waals surface area contributed by atoms with Gasteiger partial charge in [-0.1, -0.05) is 0 Å². The van der Waals surface area contributed by atoms with E-state index in [1.165, 1.54) is 6.07 Å². The predicted octanol–water partition coefficient (Wildman–Crippen LogP) is 0.993. The van der Waals surface area contributed by atoms with E-state index in [1.807, 2.05) is 0 Å². The van der Waals surface area contributed by atoms with E-state index in [0.717, 1.165) is 0 Å². The van der Waals surface area contributed by atoms with E-state index in [-0.39, 0.29) is 12.4 Å². The first-order valence-corrected chi connectivity index (χ1v) is 3.05. The third-order valence-electron chi connectivity index (χ3n) is 1.36. The summed E-state index contributed by atoms with van der Waals surface area (Å²) < 4.78 is 0. The van der Waals surface area contributed by atoms with E-state index in [4.69, 9.17) is 10.2 Å². The van der Waals surface area contributed by atoms with Gasteiger partial charge in [0.2, 0.25) is 0 Å². The number of aromatic hydroxyl groups is 1. The molecule has 1 rings (SSSR count). The van der Waals surface area contributed by atoms with Crippen LogP contribution in [0.3, 0.4) is 0 Å². The molecule has 0 amide bonds. The second-order valence-electron chi connectivity index (χ2n) is 2.18. The van der Waals surface area contributed by atoms with Gasteiger partial charge in [-0.2, -0.15) is 0 Å². The van der Waals surface area contributed by atoms with Crippen molar-refractivity contribution < 1.29 is 10.2 Å². The zero-order chi connectivity index (χ0) is 7.56. The summed E-state index contributed by atoms with van der Waals surface area (Å²) in [6, 6.07) is 6.00. The maximum Gasteiger partial charge on any atom is 0.119 e. The quantitative estimate of drug-likeness (QED) is 0.606. The molecule has 0 fully saturated rings. The lowest BCUT2D eigenvalue weighted by atomic mass is 10.1. The van der Waals surface area contributed by atoms with Crippen molar-refractivity contribution in [3.8, 4) is 5.75 Å². The van der Waals surface area contributed by atoms with Crippen LogP contribution in [0.1, 0.15) is 11.1 Å². The summed E-state index contributed by atoms with van der Waals surface area (Å²) in [6.07, 6.45) is 0. The molecular formula is C8H9O2. The van der Waals surface area contributed by atoms with Crippen LogP contribution in [0.5, 0.6) is 5.75 Å². The number of rotatable bonds is 1. The van der Waals surface area contributed by atoms with Gasteiger partial charge in [0, 0.05) is 0 Å². The van der Waals surface area contributed by atoms with Crippen molar-refractivity contribution in [1.82, 2.24) is 0 Å². The molecule has 0 saturated heterocycles. The van der Waals surface area contributed by atoms with Crippen molar-refractivity contribution in [2.45, 2.75) is 13.5 Å². The minimum atomic E-state index is -0.0513. The van der Waals surface area contributed by atoms with Gasteiger partial charge >= 0.3 is 0 Å². The van der Waals surface area contributed by atoms with Crippen molar-refractivity contribution in [2.24, 2.45) is 0 Å². The van der Waals surface area contributed by atoms with Gasteiger partial charge in [0.1, 0.15) is 5.75 Å². The van der Waals surface area contributed by atoms with E-state index >= 15 is 0 Å². The molecule has 0 aliphatic heterocycles. The molecule has 2 heteroatoms. The Kier molecular flexibility index (Phi) is 1.92. The average Bonchev–Trinajstić information content (AvgIpc) is 1.95. The lowest BCUT2D eigenvalue weighted by molar-refractivity contribution is 0.281. The van der Waals surface area contributed by atoms with Gasteiger partial charge in [0.15, 0.2) is 0 Å². The fourth-order valence-electron chi connectivity index (χ4n) is 0.692. The summed E-state index contributed by atoms with van der Waals surface area (Å²) in [7, 11) is 0. The van der Waals surface area contributed by atoms with Crippen molar-refractivity contribution >= 4 is 0 Å². The molecule has 1 aromatic rings. The third-order valence-corrected chi connectivity index (χ3v) is 1.36. The minimum absolute atomic E-state index is 0.0513. The van der Waals surface area contributed by atoms with Crippen LogP contribution < -0.4 is 0 Å². The summed E-state index contributed by atoms with van der Waals surface area (Å²) in [4.78, 5) is 0. The lowest BCUT2D eigenvalue weighted by Crippen LogP contribution is -1.83. The largest absolute Gasteiger partial charge is 0.508 e. The predicted molar refractivity (Wildman–Crippen MR) is 37.6 cm³/mol. The molecule has 0 atom stereocenters. The maximum absolute atomic E-state index is 9.09. The smallest absolute Gasteiger partial charge is 0.119 e. The molecule has 0 aliphatic rings. The molecule has 2 N–H and O–H groups in total. The highest BCUT2D eigenvalue weighted by Gasteiger charge is 1.95. The summed E-state index contributed by atoms with van der Waals surface area (Å²) in [6.45, 7) is 1.71. The minimum Gasteiger partial charge on any atom is -0.508 e. The molecule has 0 bridgehead atoms. The number of phenolic OH excluding ortho intramolecular Hbond substituents is 1. The summed E-state index contributed by atoms with van der Waals surface area (Å²) in [5.41, 5.74) is 1.39. The molecule has 2 nitrogen and oxygen atoms in total. The van der Waals surface area contributed by atoms with Crippen molar-refractivity contribution in [1.29, 1.82) is 0 Å². The number of phenols is 1. The number of aryl methyl sites for hydroxylation is 1. The normalized spacial score (nSPS) is 9.80. The summed E-state index contributed by atoms with van der Waals surface area (Å²) in [5, 5.41) is 17.7. The molecule has 10 heavy (non-hydrogen) atoms. The molecule has 0 spiro atoms. The Morgan fingerprint density at radius 2 is 2.30 bits per heavy atom. The number of benzene rings is 1. The van der Waals surface area contributed by atoms with Crippen molar-refractivity contribution in [2.75, 3.05) is 0 Å². The van der Waals surface area contributed by atoms with Crippen LogP contribution >= 0.6 is 0 Å². The number of aliphatic hydroxyl groups excluding tert-OH is 1. The highest BCUT2D eigenvalue weighted by molar-refractivity contribution is 5.33. The molecule has 0 saturated carbocycles. The zero-order valence-corrected chi connectivity index (χ0v) is 5.76. The Hall–Kier alpha value is -1.02. The van der Waals surface area contributed by atoms with Crippen LogP contribution in [0.15, 0.2) is 12.1 Å². The monoisotopic (exact) mass is 137 g/mol. The topological polar surface area (TPSA) is 40.5 Å². The maximum atomic E-state index is 9.09. The highest BCUT2D eigenvalue weighted by Crippen LogP contribution is 2.16. The number of aliphatic hydroxyl groups is 1. The fourth-order valence-corrected chi connectivity index (χ4v) is 0.692. The Balaban J connectivity index is 3.04.